The number of rotatable bonds is 5. The van der Waals surface area contributed by atoms with Crippen LogP contribution in [-0.2, 0) is 6.54 Å². The Hall–Kier alpha value is -1.51. The zero-order valence-electron chi connectivity index (χ0n) is 13.0. The van der Waals surface area contributed by atoms with Crippen molar-refractivity contribution in [1.82, 2.24) is 5.32 Å². The van der Waals surface area contributed by atoms with Crippen molar-refractivity contribution in [2.45, 2.75) is 40.3 Å². The Bertz CT molecular complexity index is 623. The molecule has 0 aromatic heterocycles. The van der Waals surface area contributed by atoms with Crippen LogP contribution in [0.2, 0.25) is 5.02 Å². The maximum atomic E-state index is 6.33. The lowest BCUT2D eigenvalue weighted by Crippen LogP contribution is -2.21. The van der Waals surface area contributed by atoms with Gasteiger partial charge in [0.1, 0.15) is 11.5 Å². The van der Waals surface area contributed by atoms with Gasteiger partial charge in [-0.3, -0.25) is 0 Å². The Morgan fingerprint density at radius 3 is 2.57 bits per heavy atom. The smallest absolute Gasteiger partial charge is 0.130 e. The second-order valence-corrected chi connectivity index (χ2v) is 6.00. The summed E-state index contributed by atoms with van der Waals surface area (Å²) in [6, 6.07) is 12.3. The molecule has 3 heteroatoms. The fourth-order valence-corrected chi connectivity index (χ4v) is 2.25. The first-order chi connectivity index (χ1) is 9.97. The molecule has 0 unspecified atom stereocenters. The SMILES string of the molecule is Cc1cccc(Oc2ccc(CNC(C)C)c(Cl)c2)c1C. The molecule has 0 amide bonds. The number of halogens is 1. The van der Waals surface area contributed by atoms with Gasteiger partial charge in [0.15, 0.2) is 0 Å². The van der Waals surface area contributed by atoms with Crippen molar-refractivity contribution in [2.24, 2.45) is 0 Å². The quantitative estimate of drug-likeness (QED) is 0.815. The zero-order valence-corrected chi connectivity index (χ0v) is 13.8. The van der Waals surface area contributed by atoms with E-state index in [9.17, 15) is 0 Å². The average molecular weight is 304 g/mol. The molecule has 0 saturated heterocycles. The standard InChI is InChI=1S/C18H22ClNO/c1-12(2)20-11-15-8-9-16(10-17(15)19)21-18-7-5-6-13(3)14(18)4/h5-10,12,20H,11H2,1-4H3. The van der Waals surface area contributed by atoms with E-state index in [0.29, 0.717) is 6.04 Å². The van der Waals surface area contributed by atoms with Crippen molar-refractivity contribution in [3.63, 3.8) is 0 Å². The third-order valence-corrected chi connectivity index (χ3v) is 3.86. The van der Waals surface area contributed by atoms with E-state index >= 15 is 0 Å². The molecule has 0 radical (unpaired) electrons. The molecule has 0 aliphatic heterocycles. The molecule has 21 heavy (non-hydrogen) atoms. The number of benzene rings is 2. The highest BCUT2D eigenvalue weighted by atomic mass is 35.5. The van der Waals surface area contributed by atoms with Gasteiger partial charge < -0.3 is 10.1 Å². The average Bonchev–Trinajstić information content (AvgIpc) is 2.43. The molecule has 1 N–H and O–H groups in total. The van der Waals surface area contributed by atoms with E-state index in [0.717, 1.165) is 34.2 Å². The summed E-state index contributed by atoms with van der Waals surface area (Å²) in [5.41, 5.74) is 3.45. The van der Waals surface area contributed by atoms with Gasteiger partial charge >= 0.3 is 0 Å². The first-order valence-electron chi connectivity index (χ1n) is 7.23. The van der Waals surface area contributed by atoms with E-state index < -0.39 is 0 Å². The Balaban J connectivity index is 2.15. The molecule has 0 bridgehead atoms. The molecule has 0 atom stereocenters. The van der Waals surface area contributed by atoms with Crippen LogP contribution in [0.15, 0.2) is 36.4 Å². The number of ether oxygens (including phenoxy) is 1. The maximum Gasteiger partial charge on any atom is 0.130 e. The first-order valence-corrected chi connectivity index (χ1v) is 7.61. The van der Waals surface area contributed by atoms with Gasteiger partial charge in [-0.05, 0) is 48.7 Å². The van der Waals surface area contributed by atoms with Gasteiger partial charge in [-0.25, -0.2) is 0 Å². The van der Waals surface area contributed by atoms with Crippen LogP contribution >= 0.6 is 11.6 Å². The molecule has 0 aliphatic carbocycles. The summed E-state index contributed by atoms with van der Waals surface area (Å²) in [7, 11) is 0. The Labute approximate surface area is 132 Å². The van der Waals surface area contributed by atoms with Crippen LogP contribution in [0.3, 0.4) is 0 Å². The second kappa shape index (κ2) is 6.97. The van der Waals surface area contributed by atoms with Gasteiger partial charge in [0.05, 0.1) is 0 Å². The van der Waals surface area contributed by atoms with Crippen LogP contribution in [0.4, 0.5) is 0 Å². The summed E-state index contributed by atoms with van der Waals surface area (Å²) >= 11 is 6.33. The molecule has 112 valence electrons. The molecule has 2 aromatic carbocycles. The van der Waals surface area contributed by atoms with Crippen molar-refractivity contribution in [1.29, 1.82) is 0 Å². The van der Waals surface area contributed by atoms with E-state index in [1.165, 1.54) is 5.56 Å². The third-order valence-electron chi connectivity index (χ3n) is 3.51. The molecule has 0 aliphatic rings. The fourth-order valence-electron chi connectivity index (χ4n) is 2.01. The summed E-state index contributed by atoms with van der Waals surface area (Å²) in [6.07, 6.45) is 0. The third kappa shape index (κ3) is 4.23. The lowest BCUT2D eigenvalue weighted by atomic mass is 10.1. The van der Waals surface area contributed by atoms with Gasteiger partial charge in [-0.1, -0.05) is 43.6 Å². The molecule has 2 aromatic rings. The molecular formula is C18H22ClNO. The van der Waals surface area contributed by atoms with Gasteiger partial charge in [-0.2, -0.15) is 0 Å². The fraction of sp³-hybridized carbons (Fsp3) is 0.333. The van der Waals surface area contributed by atoms with E-state index in [1.54, 1.807) is 0 Å². The second-order valence-electron chi connectivity index (χ2n) is 5.59. The van der Waals surface area contributed by atoms with Gasteiger partial charge in [0, 0.05) is 17.6 Å². The number of nitrogens with one attached hydrogen (secondary N) is 1. The topological polar surface area (TPSA) is 21.3 Å². The number of hydrogen-bond acceptors (Lipinski definition) is 2. The highest BCUT2D eigenvalue weighted by Crippen LogP contribution is 2.29. The Kier molecular flexibility index (Phi) is 5.27. The Morgan fingerprint density at radius 2 is 1.90 bits per heavy atom. The van der Waals surface area contributed by atoms with Gasteiger partial charge in [0.25, 0.3) is 0 Å². The summed E-state index contributed by atoms with van der Waals surface area (Å²) < 4.78 is 5.95. The van der Waals surface area contributed by atoms with Crippen LogP contribution in [0, 0.1) is 13.8 Å². The Morgan fingerprint density at radius 1 is 1.14 bits per heavy atom. The predicted molar refractivity (Wildman–Crippen MR) is 89.4 cm³/mol. The van der Waals surface area contributed by atoms with E-state index in [4.69, 9.17) is 16.3 Å². The van der Waals surface area contributed by atoms with E-state index in [2.05, 4.69) is 39.1 Å². The highest BCUT2D eigenvalue weighted by molar-refractivity contribution is 6.31. The molecule has 0 spiro atoms. The van der Waals surface area contributed by atoms with Crippen LogP contribution in [0.25, 0.3) is 0 Å². The van der Waals surface area contributed by atoms with Crippen molar-refractivity contribution >= 4 is 11.6 Å². The number of hydrogen-bond donors (Lipinski definition) is 1. The largest absolute Gasteiger partial charge is 0.457 e. The van der Waals surface area contributed by atoms with Crippen molar-refractivity contribution in [3.8, 4) is 11.5 Å². The minimum absolute atomic E-state index is 0.437. The molecule has 2 nitrogen and oxygen atoms in total. The van der Waals surface area contributed by atoms with Crippen molar-refractivity contribution < 1.29 is 4.74 Å². The van der Waals surface area contributed by atoms with E-state index in [-0.39, 0.29) is 0 Å². The van der Waals surface area contributed by atoms with Crippen LogP contribution in [-0.4, -0.2) is 6.04 Å². The normalized spacial score (nSPS) is 11.0. The monoisotopic (exact) mass is 303 g/mol. The first kappa shape index (κ1) is 15.9. The van der Waals surface area contributed by atoms with Gasteiger partial charge in [0.2, 0.25) is 0 Å². The van der Waals surface area contributed by atoms with Crippen LogP contribution in [0.1, 0.15) is 30.5 Å². The maximum absolute atomic E-state index is 6.33. The van der Waals surface area contributed by atoms with Crippen LogP contribution < -0.4 is 10.1 Å². The lowest BCUT2D eigenvalue weighted by molar-refractivity contribution is 0.478. The summed E-state index contributed by atoms with van der Waals surface area (Å²) in [4.78, 5) is 0. The predicted octanol–water partition coefficient (Wildman–Crippen LogP) is 5.25. The molecular weight excluding hydrogens is 282 g/mol. The van der Waals surface area contributed by atoms with Gasteiger partial charge in [-0.15, -0.1) is 0 Å². The molecule has 0 saturated carbocycles. The summed E-state index contributed by atoms with van der Waals surface area (Å²) in [5, 5.41) is 4.09. The van der Waals surface area contributed by atoms with E-state index in [1.807, 2.05) is 30.3 Å². The van der Waals surface area contributed by atoms with Crippen LogP contribution in [0.5, 0.6) is 11.5 Å². The summed E-state index contributed by atoms with van der Waals surface area (Å²) in [6.45, 7) is 9.14. The minimum Gasteiger partial charge on any atom is -0.457 e. The molecule has 0 fully saturated rings. The summed E-state index contributed by atoms with van der Waals surface area (Å²) in [5.74, 6) is 1.64. The number of aryl methyl sites for hydroxylation is 1. The molecule has 0 heterocycles. The van der Waals surface area contributed by atoms with Crippen molar-refractivity contribution in [2.75, 3.05) is 0 Å². The highest BCUT2D eigenvalue weighted by Gasteiger charge is 2.07. The lowest BCUT2D eigenvalue weighted by Gasteiger charge is -2.13. The minimum atomic E-state index is 0.437. The zero-order chi connectivity index (χ0) is 15.4. The van der Waals surface area contributed by atoms with Crippen molar-refractivity contribution in [3.05, 3.63) is 58.1 Å². The molecule has 2 rings (SSSR count).